The van der Waals surface area contributed by atoms with E-state index in [9.17, 15) is 0 Å². The fraction of sp³-hybridized carbons (Fsp3) is 0.571. The Morgan fingerprint density at radius 3 is 2.82 bits per heavy atom. The van der Waals surface area contributed by atoms with Crippen LogP contribution in [-0.2, 0) is 0 Å². The molecule has 0 saturated carbocycles. The van der Waals surface area contributed by atoms with E-state index in [0.717, 1.165) is 6.54 Å². The van der Waals surface area contributed by atoms with Gasteiger partial charge in [-0.15, -0.1) is 36.6 Å². The van der Waals surface area contributed by atoms with Gasteiger partial charge in [0, 0.05) is 23.4 Å². The molecular formula is C7H11Cl2NS. The van der Waals surface area contributed by atoms with Crippen molar-refractivity contribution < 1.29 is 0 Å². The standard InChI is InChI=1S/C7H9NS.2ClH/c1-3-8-5-7-6(1)2-4-9-7;;/h5H,1-4H2;2*1H. The van der Waals surface area contributed by atoms with Crippen molar-refractivity contribution in [2.24, 2.45) is 4.99 Å². The van der Waals surface area contributed by atoms with Crippen molar-refractivity contribution in [1.29, 1.82) is 0 Å². The molecule has 0 atom stereocenters. The Kier molecular flexibility index (Phi) is 5.23. The summed E-state index contributed by atoms with van der Waals surface area (Å²) in [6.07, 6.45) is 4.57. The topological polar surface area (TPSA) is 12.4 Å². The first-order valence-electron chi connectivity index (χ1n) is 3.31. The maximum atomic E-state index is 4.22. The van der Waals surface area contributed by atoms with Gasteiger partial charge in [-0.3, -0.25) is 4.99 Å². The van der Waals surface area contributed by atoms with Crippen LogP contribution in [0.3, 0.4) is 0 Å². The predicted octanol–water partition coefficient (Wildman–Crippen LogP) is 2.70. The second kappa shape index (κ2) is 5.07. The van der Waals surface area contributed by atoms with Crippen LogP contribution in [0.2, 0.25) is 0 Å². The Balaban J connectivity index is 0.000000500. The molecule has 0 radical (unpaired) electrons. The molecule has 0 aromatic carbocycles. The third kappa shape index (κ3) is 2.39. The molecule has 0 saturated heterocycles. The summed E-state index contributed by atoms with van der Waals surface area (Å²) in [6, 6.07) is 0. The summed E-state index contributed by atoms with van der Waals surface area (Å²) < 4.78 is 0. The third-order valence-corrected chi connectivity index (χ3v) is 2.87. The van der Waals surface area contributed by atoms with E-state index in [1.165, 1.54) is 23.5 Å². The second-order valence-corrected chi connectivity index (χ2v) is 3.49. The van der Waals surface area contributed by atoms with E-state index in [2.05, 4.69) is 4.99 Å². The van der Waals surface area contributed by atoms with Gasteiger partial charge in [0.1, 0.15) is 0 Å². The zero-order chi connectivity index (χ0) is 6.10. The lowest BCUT2D eigenvalue weighted by atomic mass is 10.1. The first-order valence-corrected chi connectivity index (χ1v) is 4.30. The van der Waals surface area contributed by atoms with Crippen LogP contribution < -0.4 is 0 Å². The number of nitrogens with zero attached hydrogens (tertiary/aromatic N) is 1. The smallest absolute Gasteiger partial charge is 0.0427 e. The van der Waals surface area contributed by atoms with Gasteiger partial charge in [0.15, 0.2) is 0 Å². The highest BCUT2D eigenvalue weighted by Gasteiger charge is 2.14. The van der Waals surface area contributed by atoms with E-state index >= 15 is 0 Å². The van der Waals surface area contributed by atoms with Gasteiger partial charge in [-0.25, -0.2) is 0 Å². The van der Waals surface area contributed by atoms with E-state index in [-0.39, 0.29) is 24.8 Å². The molecule has 4 heteroatoms. The van der Waals surface area contributed by atoms with Crippen molar-refractivity contribution in [3.05, 3.63) is 10.5 Å². The molecule has 0 spiro atoms. The molecule has 0 fully saturated rings. The monoisotopic (exact) mass is 211 g/mol. The minimum absolute atomic E-state index is 0. The van der Waals surface area contributed by atoms with Gasteiger partial charge < -0.3 is 0 Å². The Hall–Kier alpha value is 0.340. The van der Waals surface area contributed by atoms with Crippen LogP contribution >= 0.6 is 36.6 Å². The van der Waals surface area contributed by atoms with E-state index in [1.54, 1.807) is 5.57 Å². The number of dihydropyridines is 1. The van der Waals surface area contributed by atoms with E-state index < -0.39 is 0 Å². The van der Waals surface area contributed by atoms with Crippen LogP contribution in [0, 0.1) is 0 Å². The van der Waals surface area contributed by atoms with Crippen molar-refractivity contribution in [2.75, 3.05) is 12.3 Å². The first-order chi connectivity index (χ1) is 4.47. The second-order valence-electron chi connectivity index (χ2n) is 2.35. The Morgan fingerprint density at radius 2 is 2.09 bits per heavy atom. The van der Waals surface area contributed by atoms with Crippen LogP contribution in [0.25, 0.3) is 0 Å². The summed E-state index contributed by atoms with van der Waals surface area (Å²) in [6.45, 7) is 1.03. The predicted molar refractivity (Wildman–Crippen MR) is 56.6 cm³/mol. The summed E-state index contributed by atoms with van der Waals surface area (Å²) in [4.78, 5) is 5.68. The number of allylic oxidation sites excluding steroid dienone is 1. The summed E-state index contributed by atoms with van der Waals surface area (Å²) in [7, 11) is 0. The lowest BCUT2D eigenvalue weighted by Gasteiger charge is -2.04. The number of rotatable bonds is 0. The molecule has 0 amide bonds. The van der Waals surface area contributed by atoms with Gasteiger partial charge in [0.25, 0.3) is 0 Å². The molecule has 0 unspecified atom stereocenters. The molecule has 0 aliphatic carbocycles. The normalized spacial score (nSPS) is 20.4. The molecule has 0 N–H and O–H groups in total. The Labute approximate surface area is 83.6 Å². The van der Waals surface area contributed by atoms with Gasteiger partial charge in [-0.1, -0.05) is 5.57 Å². The molecule has 2 aliphatic rings. The van der Waals surface area contributed by atoms with Crippen molar-refractivity contribution in [3.8, 4) is 0 Å². The van der Waals surface area contributed by atoms with Gasteiger partial charge in [0.05, 0.1) is 0 Å². The largest absolute Gasteiger partial charge is 0.292 e. The number of thioether (sulfide) groups is 1. The minimum atomic E-state index is 0. The molecule has 2 rings (SSSR count). The average Bonchev–Trinajstić information content (AvgIpc) is 2.33. The summed E-state index contributed by atoms with van der Waals surface area (Å²) in [5.74, 6) is 1.29. The Bertz CT molecular complexity index is 189. The van der Waals surface area contributed by atoms with E-state index in [0.29, 0.717) is 0 Å². The maximum Gasteiger partial charge on any atom is 0.0427 e. The summed E-state index contributed by atoms with van der Waals surface area (Å²) in [5, 5.41) is 0. The molecule has 0 bridgehead atoms. The van der Waals surface area contributed by atoms with Crippen LogP contribution in [0.4, 0.5) is 0 Å². The molecule has 2 aliphatic heterocycles. The highest BCUT2D eigenvalue weighted by molar-refractivity contribution is 8.04. The fourth-order valence-electron chi connectivity index (χ4n) is 1.23. The number of hydrogen-bond donors (Lipinski definition) is 0. The molecule has 11 heavy (non-hydrogen) atoms. The zero-order valence-corrected chi connectivity index (χ0v) is 8.53. The van der Waals surface area contributed by atoms with Gasteiger partial charge in [-0.2, -0.15) is 0 Å². The molecule has 0 aromatic heterocycles. The lowest BCUT2D eigenvalue weighted by Crippen LogP contribution is -1.94. The van der Waals surface area contributed by atoms with Crippen molar-refractivity contribution in [1.82, 2.24) is 0 Å². The van der Waals surface area contributed by atoms with Crippen LogP contribution in [0.5, 0.6) is 0 Å². The first kappa shape index (κ1) is 11.3. The molecule has 2 heterocycles. The average molecular weight is 212 g/mol. The zero-order valence-electron chi connectivity index (χ0n) is 6.08. The minimum Gasteiger partial charge on any atom is -0.292 e. The highest BCUT2D eigenvalue weighted by Crippen LogP contribution is 2.33. The molecule has 0 aromatic rings. The van der Waals surface area contributed by atoms with Gasteiger partial charge in [0.2, 0.25) is 0 Å². The molecular weight excluding hydrogens is 201 g/mol. The van der Waals surface area contributed by atoms with E-state index in [4.69, 9.17) is 0 Å². The molecule has 64 valence electrons. The van der Waals surface area contributed by atoms with E-state index in [1.807, 2.05) is 18.0 Å². The number of hydrogen-bond acceptors (Lipinski definition) is 2. The lowest BCUT2D eigenvalue weighted by molar-refractivity contribution is 0.898. The van der Waals surface area contributed by atoms with Gasteiger partial charge in [-0.05, 0) is 12.8 Å². The van der Waals surface area contributed by atoms with Crippen molar-refractivity contribution in [3.63, 3.8) is 0 Å². The van der Waals surface area contributed by atoms with Gasteiger partial charge >= 0.3 is 0 Å². The third-order valence-electron chi connectivity index (χ3n) is 1.76. The van der Waals surface area contributed by atoms with Crippen molar-refractivity contribution in [2.45, 2.75) is 12.8 Å². The Morgan fingerprint density at radius 1 is 1.27 bits per heavy atom. The van der Waals surface area contributed by atoms with Crippen LogP contribution in [0.1, 0.15) is 12.8 Å². The number of halogens is 2. The summed E-state index contributed by atoms with van der Waals surface area (Å²) in [5.41, 5.74) is 1.65. The quantitative estimate of drug-likeness (QED) is 0.601. The van der Waals surface area contributed by atoms with Crippen molar-refractivity contribution >= 4 is 42.8 Å². The molecule has 1 nitrogen and oxygen atoms in total. The maximum absolute atomic E-state index is 4.22. The summed E-state index contributed by atoms with van der Waals surface area (Å²) >= 11 is 1.96. The highest BCUT2D eigenvalue weighted by atomic mass is 35.5. The SMILES string of the molecule is C1=NCCC2=C1SCC2.Cl.Cl. The number of aliphatic imine (C=N–C) groups is 1. The van der Waals surface area contributed by atoms with Crippen LogP contribution in [-0.4, -0.2) is 18.5 Å². The van der Waals surface area contributed by atoms with Crippen LogP contribution in [0.15, 0.2) is 15.5 Å². The fourth-order valence-corrected chi connectivity index (χ4v) is 2.36.